The van der Waals surface area contributed by atoms with Gasteiger partial charge in [0.25, 0.3) is 0 Å². The van der Waals surface area contributed by atoms with Crippen LogP contribution in [0.4, 0.5) is 0 Å². The van der Waals surface area contributed by atoms with E-state index < -0.39 is 0 Å². The number of carbonyl (C=O) groups excluding carboxylic acids is 1. The van der Waals surface area contributed by atoms with Crippen molar-refractivity contribution in [2.24, 2.45) is 11.8 Å². The topological polar surface area (TPSA) is 41.1 Å². The van der Waals surface area contributed by atoms with E-state index in [1.54, 1.807) is 0 Å². The number of rotatable bonds is 5. The average molecular weight is 301 g/mol. The van der Waals surface area contributed by atoms with Gasteiger partial charge in [0.15, 0.2) is 0 Å². The molecule has 20 heavy (non-hydrogen) atoms. The van der Waals surface area contributed by atoms with Crippen LogP contribution in [0, 0.1) is 11.8 Å². The first-order chi connectivity index (χ1) is 9.29. The molecular weight excluding hydrogens is 272 g/mol. The molecule has 2 N–H and O–H groups in total. The van der Waals surface area contributed by atoms with Gasteiger partial charge in [-0.2, -0.15) is 0 Å². The quantitative estimate of drug-likeness (QED) is 0.819. The first kappa shape index (κ1) is 16.1. The van der Waals surface area contributed by atoms with Crippen LogP contribution in [-0.2, 0) is 4.79 Å². The molecular formula is C16H29ClN2O. The molecule has 2 atom stereocenters. The number of halogens is 1. The van der Waals surface area contributed by atoms with Gasteiger partial charge in [0, 0.05) is 25.0 Å². The fourth-order valence-corrected chi connectivity index (χ4v) is 4.39. The van der Waals surface area contributed by atoms with Gasteiger partial charge in [0.05, 0.1) is 0 Å². The highest BCUT2D eigenvalue weighted by atomic mass is 35.5. The predicted molar refractivity (Wildman–Crippen MR) is 84.1 cm³/mol. The van der Waals surface area contributed by atoms with E-state index in [0.717, 1.165) is 18.9 Å². The molecule has 3 aliphatic rings. The Kier molecular flexibility index (Phi) is 6.16. The minimum atomic E-state index is 0. The fraction of sp³-hybridized carbons (Fsp3) is 0.938. The minimum absolute atomic E-state index is 0. The summed E-state index contributed by atoms with van der Waals surface area (Å²) in [6.45, 7) is 0.904. The number of nitrogens with one attached hydrogen (secondary N) is 2. The second-order valence-corrected chi connectivity index (χ2v) is 6.97. The summed E-state index contributed by atoms with van der Waals surface area (Å²) in [5.74, 6) is 1.81. The Balaban J connectivity index is 0.00000147. The van der Waals surface area contributed by atoms with Crippen LogP contribution in [-0.4, -0.2) is 24.5 Å². The summed E-state index contributed by atoms with van der Waals surface area (Å²) in [6.07, 6.45) is 12.6. The second-order valence-electron chi connectivity index (χ2n) is 6.97. The van der Waals surface area contributed by atoms with Gasteiger partial charge < -0.3 is 10.6 Å². The van der Waals surface area contributed by atoms with Crippen LogP contribution in [0.2, 0.25) is 0 Å². The molecule has 0 aromatic carbocycles. The van der Waals surface area contributed by atoms with Crippen LogP contribution in [0.5, 0.6) is 0 Å². The average Bonchev–Trinajstić information content (AvgIpc) is 2.99. The normalized spacial score (nSPS) is 32.9. The highest BCUT2D eigenvalue weighted by Crippen LogP contribution is 2.32. The Morgan fingerprint density at radius 1 is 1.00 bits per heavy atom. The molecule has 2 aliphatic heterocycles. The Morgan fingerprint density at radius 3 is 2.30 bits per heavy atom. The third-order valence-corrected chi connectivity index (χ3v) is 5.39. The summed E-state index contributed by atoms with van der Waals surface area (Å²) in [4.78, 5) is 12.0. The minimum Gasteiger partial charge on any atom is -0.356 e. The molecule has 3 rings (SSSR count). The number of hydrogen-bond donors (Lipinski definition) is 2. The molecule has 1 amide bonds. The van der Waals surface area contributed by atoms with Crippen molar-refractivity contribution in [1.29, 1.82) is 0 Å². The van der Waals surface area contributed by atoms with Crippen molar-refractivity contribution in [3.8, 4) is 0 Å². The van der Waals surface area contributed by atoms with Crippen molar-refractivity contribution in [3.63, 3.8) is 0 Å². The Hall–Kier alpha value is -0.280. The van der Waals surface area contributed by atoms with Crippen molar-refractivity contribution < 1.29 is 4.79 Å². The van der Waals surface area contributed by atoms with Gasteiger partial charge in [-0.1, -0.05) is 25.7 Å². The summed E-state index contributed by atoms with van der Waals surface area (Å²) in [5, 5.41) is 6.79. The van der Waals surface area contributed by atoms with Crippen molar-refractivity contribution in [2.75, 3.05) is 6.54 Å². The molecule has 0 aromatic rings. The van der Waals surface area contributed by atoms with Crippen LogP contribution < -0.4 is 10.6 Å². The molecule has 1 aliphatic carbocycles. The molecule has 4 heteroatoms. The summed E-state index contributed by atoms with van der Waals surface area (Å²) in [5.41, 5.74) is 0. The molecule has 0 aromatic heterocycles. The maximum atomic E-state index is 12.0. The van der Waals surface area contributed by atoms with Crippen molar-refractivity contribution in [2.45, 2.75) is 76.3 Å². The van der Waals surface area contributed by atoms with Crippen LogP contribution in [0.1, 0.15) is 64.2 Å². The van der Waals surface area contributed by atoms with Gasteiger partial charge in [-0.05, 0) is 43.9 Å². The Morgan fingerprint density at radius 2 is 1.65 bits per heavy atom. The highest BCUT2D eigenvalue weighted by Gasteiger charge is 2.34. The summed E-state index contributed by atoms with van der Waals surface area (Å²) >= 11 is 0. The van der Waals surface area contributed by atoms with E-state index in [-0.39, 0.29) is 12.4 Å². The van der Waals surface area contributed by atoms with Gasteiger partial charge in [-0.15, -0.1) is 12.4 Å². The molecule has 2 bridgehead atoms. The molecule has 0 radical (unpaired) electrons. The molecule has 1 saturated carbocycles. The van der Waals surface area contributed by atoms with E-state index in [2.05, 4.69) is 10.6 Å². The maximum Gasteiger partial charge on any atom is 0.220 e. The fourth-order valence-electron chi connectivity index (χ4n) is 4.39. The van der Waals surface area contributed by atoms with E-state index in [0.29, 0.717) is 23.9 Å². The second kappa shape index (κ2) is 7.65. The Labute approximate surface area is 129 Å². The third-order valence-electron chi connectivity index (χ3n) is 5.39. The van der Waals surface area contributed by atoms with Crippen molar-refractivity contribution >= 4 is 18.3 Å². The van der Waals surface area contributed by atoms with Gasteiger partial charge >= 0.3 is 0 Å². The molecule has 0 spiro atoms. The van der Waals surface area contributed by atoms with E-state index >= 15 is 0 Å². The third kappa shape index (κ3) is 4.36. The number of hydrogen-bond acceptors (Lipinski definition) is 2. The van der Waals surface area contributed by atoms with E-state index in [4.69, 9.17) is 0 Å². The lowest BCUT2D eigenvalue weighted by atomic mass is 9.89. The zero-order valence-electron chi connectivity index (χ0n) is 12.4. The summed E-state index contributed by atoms with van der Waals surface area (Å²) < 4.78 is 0. The zero-order valence-corrected chi connectivity index (χ0v) is 13.2. The van der Waals surface area contributed by atoms with E-state index in [9.17, 15) is 4.79 Å². The van der Waals surface area contributed by atoms with Gasteiger partial charge in [-0.25, -0.2) is 0 Å². The lowest BCUT2D eigenvalue weighted by molar-refractivity contribution is -0.122. The molecule has 3 nitrogen and oxygen atoms in total. The molecule has 2 heterocycles. The molecule has 2 saturated heterocycles. The monoisotopic (exact) mass is 300 g/mol. The molecule has 2 unspecified atom stereocenters. The standard InChI is InChI=1S/C16H28N2O.ClH/c19-16(17-8-7-12-3-1-2-4-12)11-13-9-14-5-6-15(10-13)18-14;/h12-15,18H,1-11H2,(H,17,19);1H. The summed E-state index contributed by atoms with van der Waals surface area (Å²) in [6, 6.07) is 1.41. The number of piperidine rings is 1. The number of amides is 1. The van der Waals surface area contributed by atoms with Crippen LogP contribution >= 0.6 is 12.4 Å². The summed E-state index contributed by atoms with van der Waals surface area (Å²) in [7, 11) is 0. The highest BCUT2D eigenvalue weighted by molar-refractivity contribution is 5.85. The predicted octanol–water partition coefficient (Wildman–Crippen LogP) is 3.03. The van der Waals surface area contributed by atoms with Crippen LogP contribution in [0.3, 0.4) is 0 Å². The SMILES string of the molecule is Cl.O=C(CC1CC2CCC(C1)N2)NCCC1CCCC1. The lowest BCUT2D eigenvalue weighted by Gasteiger charge is -2.28. The number of carbonyl (C=O) groups is 1. The molecule has 116 valence electrons. The largest absolute Gasteiger partial charge is 0.356 e. The first-order valence-electron chi connectivity index (χ1n) is 8.32. The van der Waals surface area contributed by atoms with Crippen LogP contribution in [0.15, 0.2) is 0 Å². The van der Waals surface area contributed by atoms with E-state index in [1.807, 2.05) is 0 Å². The zero-order chi connectivity index (χ0) is 13.1. The van der Waals surface area contributed by atoms with Crippen LogP contribution in [0.25, 0.3) is 0 Å². The van der Waals surface area contributed by atoms with Crippen molar-refractivity contribution in [3.05, 3.63) is 0 Å². The maximum absolute atomic E-state index is 12.0. The first-order valence-corrected chi connectivity index (χ1v) is 8.32. The van der Waals surface area contributed by atoms with E-state index in [1.165, 1.54) is 57.8 Å². The van der Waals surface area contributed by atoms with Gasteiger partial charge in [0.1, 0.15) is 0 Å². The Bertz CT molecular complexity index is 306. The smallest absolute Gasteiger partial charge is 0.220 e. The number of fused-ring (bicyclic) bond motifs is 2. The molecule has 3 fully saturated rings. The van der Waals surface area contributed by atoms with Gasteiger partial charge in [0.2, 0.25) is 5.91 Å². The van der Waals surface area contributed by atoms with Crippen molar-refractivity contribution in [1.82, 2.24) is 10.6 Å². The van der Waals surface area contributed by atoms with Gasteiger partial charge in [-0.3, -0.25) is 4.79 Å². The lowest BCUT2D eigenvalue weighted by Crippen LogP contribution is -2.39.